The highest BCUT2D eigenvalue weighted by Gasteiger charge is 2.24. The van der Waals surface area contributed by atoms with Gasteiger partial charge in [0.1, 0.15) is 16.2 Å². The van der Waals surface area contributed by atoms with Crippen LogP contribution in [-0.4, -0.2) is 5.04 Å². The Hall–Kier alpha value is -1.81. The van der Waals surface area contributed by atoms with Crippen molar-refractivity contribution in [2.75, 3.05) is 0 Å². The molecule has 0 radical (unpaired) electrons. The Balaban J connectivity index is 1.80. The van der Waals surface area contributed by atoms with Gasteiger partial charge in [0.2, 0.25) is 0 Å². The van der Waals surface area contributed by atoms with E-state index in [4.69, 9.17) is 0 Å². The van der Waals surface area contributed by atoms with E-state index in [1.54, 1.807) is 12.1 Å². The lowest BCUT2D eigenvalue weighted by Gasteiger charge is -2.10. The molecule has 0 spiro atoms. The molecule has 0 unspecified atom stereocenters. The second kappa shape index (κ2) is 5.05. The van der Waals surface area contributed by atoms with Gasteiger partial charge in [0, 0.05) is 11.1 Å². The van der Waals surface area contributed by atoms with E-state index in [2.05, 4.69) is 22.7 Å². The summed E-state index contributed by atoms with van der Waals surface area (Å²) in [6, 6.07) is 15.0. The molecular formula is C15H13FN2S. The number of halogens is 1. The highest BCUT2D eigenvalue weighted by Crippen LogP contribution is 2.35. The van der Waals surface area contributed by atoms with Crippen LogP contribution in [0.3, 0.4) is 0 Å². The number of hydrogen-bond donors (Lipinski definition) is 1. The van der Waals surface area contributed by atoms with Crippen molar-refractivity contribution in [1.82, 2.24) is 5.43 Å². The van der Waals surface area contributed by atoms with Crippen LogP contribution in [0.15, 0.2) is 53.6 Å². The zero-order valence-electron chi connectivity index (χ0n) is 10.4. The van der Waals surface area contributed by atoms with Crippen molar-refractivity contribution in [3.63, 3.8) is 0 Å². The Morgan fingerprint density at radius 2 is 1.84 bits per heavy atom. The Kier molecular flexibility index (Phi) is 3.25. The molecule has 0 amide bonds. The van der Waals surface area contributed by atoms with Crippen molar-refractivity contribution in [2.24, 2.45) is 5.10 Å². The van der Waals surface area contributed by atoms with E-state index in [0.29, 0.717) is 5.56 Å². The molecule has 2 nitrogen and oxygen atoms in total. The molecule has 0 aromatic heterocycles. The molecular weight excluding hydrogens is 259 g/mol. The van der Waals surface area contributed by atoms with Crippen molar-refractivity contribution in [1.29, 1.82) is 0 Å². The van der Waals surface area contributed by atoms with Crippen LogP contribution in [0.4, 0.5) is 4.39 Å². The van der Waals surface area contributed by atoms with Gasteiger partial charge in [0.25, 0.3) is 0 Å². The maximum atomic E-state index is 13.7. The first kappa shape index (κ1) is 12.2. The summed E-state index contributed by atoms with van der Waals surface area (Å²) in [6.45, 7) is 2.05. The van der Waals surface area contributed by atoms with Crippen LogP contribution in [0.25, 0.3) is 0 Å². The first-order valence-corrected chi connectivity index (χ1v) is 6.93. The second-order valence-electron chi connectivity index (χ2n) is 4.43. The first-order chi connectivity index (χ1) is 9.24. The third kappa shape index (κ3) is 2.49. The van der Waals surface area contributed by atoms with Crippen molar-refractivity contribution >= 4 is 16.8 Å². The molecule has 1 heterocycles. The van der Waals surface area contributed by atoms with Crippen LogP contribution in [0.5, 0.6) is 0 Å². The summed E-state index contributed by atoms with van der Waals surface area (Å²) >= 11 is 1.54. The molecule has 0 fully saturated rings. The van der Waals surface area contributed by atoms with E-state index in [-0.39, 0.29) is 11.2 Å². The number of aryl methyl sites for hydroxylation is 1. The van der Waals surface area contributed by atoms with Crippen molar-refractivity contribution in [2.45, 2.75) is 12.3 Å². The molecule has 19 heavy (non-hydrogen) atoms. The zero-order valence-corrected chi connectivity index (χ0v) is 11.2. The van der Waals surface area contributed by atoms with Gasteiger partial charge in [-0.25, -0.2) is 4.39 Å². The Morgan fingerprint density at radius 3 is 2.58 bits per heavy atom. The van der Waals surface area contributed by atoms with Crippen LogP contribution in [0.1, 0.15) is 22.1 Å². The van der Waals surface area contributed by atoms with Gasteiger partial charge in [-0.3, -0.25) is 5.43 Å². The summed E-state index contributed by atoms with van der Waals surface area (Å²) in [5.41, 5.74) is 5.90. The Morgan fingerprint density at radius 1 is 1.11 bits per heavy atom. The number of thioether (sulfide) groups is 1. The molecule has 1 aliphatic heterocycles. The monoisotopic (exact) mass is 272 g/mol. The molecule has 0 saturated heterocycles. The normalized spacial score (nSPS) is 18.0. The average Bonchev–Trinajstić information content (AvgIpc) is 2.89. The standard InChI is InChI=1S/C15H13FN2S/c1-10-6-8-11(9-7-10)14-17-18-15(19-14)12-4-2-3-5-13(12)16/h2-9,15,18H,1H3/t15-/m0/s1. The fourth-order valence-electron chi connectivity index (χ4n) is 1.93. The zero-order chi connectivity index (χ0) is 13.2. The molecule has 1 aliphatic rings. The number of nitrogens with one attached hydrogen (secondary N) is 1. The van der Waals surface area contributed by atoms with Gasteiger partial charge in [-0.2, -0.15) is 5.10 Å². The molecule has 0 saturated carbocycles. The smallest absolute Gasteiger partial charge is 0.129 e. The first-order valence-electron chi connectivity index (χ1n) is 6.05. The van der Waals surface area contributed by atoms with Crippen molar-refractivity contribution in [3.05, 3.63) is 71.0 Å². The van der Waals surface area contributed by atoms with Crippen molar-refractivity contribution < 1.29 is 4.39 Å². The molecule has 2 aromatic rings. The van der Waals surface area contributed by atoms with Crippen molar-refractivity contribution in [3.8, 4) is 0 Å². The molecule has 1 N–H and O–H groups in total. The highest BCUT2D eigenvalue weighted by atomic mass is 32.2. The van der Waals surface area contributed by atoms with E-state index < -0.39 is 0 Å². The lowest BCUT2D eigenvalue weighted by Crippen LogP contribution is -2.08. The molecule has 0 aliphatic carbocycles. The Labute approximate surface area is 115 Å². The molecule has 1 atom stereocenters. The van der Waals surface area contributed by atoms with Gasteiger partial charge < -0.3 is 0 Å². The summed E-state index contributed by atoms with van der Waals surface area (Å²) < 4.78 is 13.7. The lowest BCUT2D eigenvalue weighted by atomic mass is 10.2. The number of benzene rings is 2. The Bertz CT molecular complexity index is 622. The number of hydrogen-bond acceptors (Lipinski definition) is 3. The lowest BCUT2D eigenvalue weighted by molar-refractivity contribution is 0.593. The number of rotatable bonds is 2. The van der Waals surface area contributed by atoms with Gasteiger partial charge in [-0.05, 0) is 13.0 Å². The van der Waals surface area contributed by atoms with Crippen LogP contribution in [0, 0.1) is 12.7 Å². The summed E-state index contributed by atoms with van der Waals surface area (Å²) in [5, 5.41) is 5.04. The fraction of sp³-hybridized carbons (Fsp3) is 0.133. The van der Waals surface area contributed by atoms with E-state index in [9.17, 15) is 4.39 Å². The minimum atomic E-state index is -0.201. The van der Waals surface area contributed by atoms with E-state index in [0.717, 1.165) is 10.6 Å². The fourth-order valence-corrected chi connectivity index (χ4v) is 2.96. The largest absolute Gasteiger partial charge is 0.291 e. The summed E-state index contributed by atoms with van der Waals surface area (Å²) in [7, 11) is 0. The maximum absolute atomic E-state index is 13.7. The van der Waals surface area contributed by atoms with E-state index in [1.165, 1.54) is 23.4 Å². The number of hydrazone groups is 1. The summed E-state index contributed by atoms with van der Waals surface area (Å²) in [6.07, 6.45) is 0. The van der Waals surface area contributed by atoms with E-state index >= 15 is 0 Å². The third-order valence-corrected chi connectivity index (χ3v) is 4.14. The topological polar surface area (TPSA) is 24.4 Å². The van der Waals surface area contributed by atoms with Gasteiger partial charge >= 0.3 is 0 Å². The number of nitrogens with zero attached hydrogens (tertiary/aromatic N) is 1. The maximum Gasteiger partial charge on any atom is 0.129 e. The van der Waals surface area contributed by atoms with E-state index in [1.807, 2.05) is 25.1 Å². The van der Waals surface area contributed by atoms with Crippen LogP contribution in [0.2, 0.25) is 0 Å². The predicted octanol–water partition coefficient (Wildman–Crippen LogP) is 3.83. The van der Waals surface area contributed by atoms with Crippen LogP contribution in [-0.2, 0) is 0 Å². The van der Waals surface area contributed by atoms with Crippen LogP contribution < -0.4 is 5.43 Å². The van der Waals surface area contributed by atoms with Gasteiger partial charge in [-0.1, -0.05) is 59.8 Å². The average molecular weight is 272 g/mol. The minimum absolute atomic E-state index is 0.155. The highest BCUT2D eigenvalue weighted by molar-refractivity contribution is 8.14. The predicted molar refractivity (Wildman–Crippen MR) is 77.6 cm³/mol. The molecule has 4 heteroatoms. The molecule has 96 valence electrons. The van der Waals surface area contributed by atoms with Gasteiger partial charge in [0.15, 0.2) is 0 Å². The minimum Gasteiger partial charge on any atom is -0.291 e. The SMILES string of the molecule is Cc1ccc(C2=NN[C@H](c3ccccc3F)S2)cc1. The molecule has 3 rings (SSSR count). The quantitative estimate of drug-likeness (QED) is 0.898. The second-order valence-corrected chi connectivity index (χ2v) is 5.53. The summed E-state index contributed by atoms with van der Waals surface area (Å²) in [5.74, 6) is -0.201. The van der Waals surface area contributed by atoms with Gasteiger partial charge in [-0.15, -0.1) is 0 Å². The molecule has 2 aromatic carbocycles. The third-order valence-electron chi connectivity index (χ3n) is 3.00. The van der Waals surface area contributed by atoms with Gasteiger partial charge in [0.05, 0.1) is 0 Å². The molecule has 0 bridgehead atoms. The van der Waals surface area contributed by atoms with Crippen LogP contribution >= 0.6 is 11.8 Å². The summed E-state index contributed by atoms with van der Waals surface area (Å²) in [4.78, 5) is 0.